The largest absolute Gasteiger partial charge is 0.417 e. The molecule has 5 heteroatoms. The monoisotopic (exact) mass is 296 g/mol. The fourth-order valence-corrected chi connectivity index (χ4v) is 2.11. The number of nitrogens with one attached hydrogen (secondary N) is 1. The number of hydrogen-bond acceptors (Lipinski definition) is 3. The number of para-hydroxylation sites is 1. The Bertz CT molecular complexity index is 835. The van der Waals surface area contributed by atoms with Crippen molar-refractivity contribution >= 4 is 22.7 Å². The molecule has 22 heavy (non-hydrogen) atoms. The smallest absolute Gasteiger partial charge is 0.410 e. The summed E-state index contributed by atoms with van der Waals surface area (Å²) >= 11 is 0. The van der Waals surface area contributed by atoms with Crippen molar-refractivity contribution in [2.45, 2.75) is 6.92 Å². The standard InChI is InChI=1S/C17H13FN2O2/c1-11-16(10-13-14(18)8-5-9-15(13)19-11)20-17(21)22-12-6-3-2-4-7-12/h2-10H,1H3,(H,20,21). The highest BCUT2D eigenvalue weighted by Crippen LogP contribution is 2.23. The van der Waals surface area contributed by atoms with E-state index in [1.54, 1.807) is 49.4 Å². The second kappa shape index (κ2) is 5.81. The van der Waals surface area contributed by atoms with E-state index in [9.17, 15) is 9.18 Å². The molecule has 0 aliphatic rings. The third-order valence-electron chi connectivity index (χ3n) is 3.19. The van der Waals surface area contributed by atoms with Gasteiger partial charge in [-0.1, -0.05) is 24.3 Å². The number of benzene rings is 2. The van der Waals surface area contributed by atoms with Crippen LogP contribution in [-0.4, -0.2) is 11.1 Å². The third-order valence-corrected chi connectivity index (χ3v) is 3.19. The highest BCUT2D eigenvalue weighted by molar-refractivity contribution is 5.91. The number of carbonyl (C=O) groups excluding carboxylic acids is 1. The number of fused-ring (bicyclic) bond motifs is 1. The summed E-state index contributed by atoms with van der Waals surface area (Å²) in [5.74, 6) is 0.0436. The maximum absolute atomic E-state index is 13.8. The SMILES string of the molecule is Cc1nc2cccc(F)c2cc1NC(=O)Oc1ccccc1. The first-order valence-corrected chi connectivity index (χ1v) is 6.73. The van der Waals surface area contributed by atoms with Gasteiger partial charge in [-0.3, -0.25) is 10.3 Å². The minimum atomic E-state index is -0.646. The molecule has 3 aromatic rings. The average molecular weight is 296 g/mol. The molecule has 4 nitrogen and oxygen atoms in total. The molecule has 1 amide bonds. The molecule has 0 aliphatic heterocycles. The number of halogens is 1. The van der Waals surface area contributed by atoms with Crippen LogP contribution >= 0.6 is 0 Å². The van der Waals surface area contributed by atoms with E-state index in [1.165, 1.54) is 6.07 Å². The van der Waals surface area contributed by atoms with E-state index in [2.05, 4.69) is 10.3 Å². The van der Waals surface area contributed by atoms with Crippen molar-refractivity contribution in [1.29, 1.82) is 0 Å². The molecule has 0 bridgehead atoms. The fourth-order valence-electron chi connectivity index (χ4n) is 2.11. The third kappa shape index (κ3) is 2.88. The van der Waals surface area contributed by atoms with Crippen LogP contribution in [0.5, 0.6) is 5.75 Å². The molecule has 0 saturated carbocycles. The summed E-state index contributed by atoms with van der Waals surface area (Å²) in [6.45, 7) is 1.74. The molecule has 1 N–H and O–H groups in total. The number of hydrogen-bond donors (Lipinski definition) is 1. The van der Waals surface area contributed by atoms with E-state index >= 15 is 0 Å². The number of aromatic nitrogens is 1. The van der Waals surface area contributed by atoms with Crippen LogP contribution in [0.2, 0.25) is 0 Å². The summed E-state index contributed by atoms with van der Waals surface area (Å²) in [6, 6.07) is 14.9. The van der Waals surface area contributed by atoms with Gasteiger partial charge in [0, 0.05) is 5.39 Å². The molecule has 0 unspecified atom stereocenters. The first kappa shape index (κ1) is 14.0. The molecule has 0 spiro atoms. The number of ether oxygens (including phenoxy) is 1. The minimum Gasteiger partial charge on any atom is -0.410 e. The van der Waals surface area contributed by atoms with E-state index in [0.717, 1.165) is 0 Å². The van der Waals surface area contributed by atoms with Gasteiger partial charge < -0.3 is 4.74 Å². The Hall–Kier alpha value is -2.95. The first-order valence-electron chi connectivity index (χ1n) is 6.73. The van der Waals surface area contributed by atoms with Gasteiger partial charge in [0.2, 0.25) is 0 Å². The molecule has 1 heterocycles. The van der Waals surface area contributed by atoms with Gasteiger partial charge in [0.1, 0.15) is 11.6 Å². The Morgan fingerprint density at radius 2 is 1.91 bits per heavy atom. The number of aryl methyl sites for hydroxylation is 1. The zero-order valence-corrected chi connectivity index (χ0v) is 11.8. The highest BCUT2D eigenvalue weighted by Gasteiger charge is 2.11. The van der Waals surface area contributed by atoms with Crippen LogP contribution < -0.4 is 10.1 Å². The molecule has 3 rings (SSSR count). The van der Waals surface area contributed by atoms with Crippen molar-refractivity contribution in [1.82, 2.24) is 4.98 Å². The van der Waals surface area contributed by atoms with Gasteiger partial charge in [-0.25, -0.2) is 9.18 Å². The Morgan fingerprint density at radius 3 is 2.68 bits per heavy atom. The Balaban J connectivity index is 1.85. The number of amides is 1. The van der Waals surface area contributed by atoms with E-state index in [1.807, 2.05) is 6.07 Å². The quantitative estimate of drug-likeness (QED) is 0.767. The van der Waals surface area contributed by atoms with E-state index in [-0.39, 0.29) is 5.82 Å². The van der Waals surface area contributed by atoms with Gasteiger partial charge >= 0.3 is 6.09 Å². The lowest BCUT2D eigenvalue weighted by atomic mass is 10.1. The Labute approximate surface area is 126 Å². The number of carbonyl (C=O) groups is 1. The van der Waals surface area contributed by atoms with Crippen LogP contribution in [0.3, 0.4) is 0 Å². The minimum absolute atomic E-state index is 0.350. The Kier molecular flexibility index (Phi) is 3.70. The molecule has 0 saturated heterocycles. The van der Waals surface area contributed by atoms with Crippen LogP contribution in [0.15, 0.2) is 54.6 Å². The molecule has 0 fully saturated rings. The molecule has 0 atom stereocenters. The highest BCUT2D eigenvalue weighted by atomic mass is 19.1. The Morgan fingerprint density at radius 1 is 1.14 bits per heavy atom. The van der Waals surface area contributed by atoms with Gasteiger partial charge in [-0.05, 0) is 37.3 Å². The zero-order valence-electron chi connectivity index (χ0n) is 11.8. The van der Waals surface area contributed by atoms with Crippen LogP contribution in [0, 0.1) is 12.7 Å². The molecule has 0 radical (unpaired) electrons. The second-order valence-electron chi connectivity index (χ2n) is 4.76. The van der Waals surface area contributed by atoms with E-state index in [0.29, 0.717) is 28.0 Å². The molecule has 1 aromatic heterocycles. The summed E-state index contributed by atoms with van der Waals surface area (Å²) in [6.07, 6.45) is -0.646. The number of nitrogens with zero attached hydrogens (tertiary/aromatic N) is 1. The van der Waals surface area contributed by atoms with Gasteiger partial charge in [0.25, 0.3) is 0 Å². The average Bonchev–Trinajstić information content (AvgIpc) is 2.50. The number of rotatable bonds is 2. The summed E-state index contributed by atoms with van der Waals surface area (Å²) in [5.41, 5.74) is 1.54. The maximum Gasteiger partial charge on any atom is 0.417 e. The van der Waals surface area contributed by atoms with E-state index < -0.39 is 6.09 Å². The fraction of sp³-hybridized carbons (Fsp3) is 0.0588. The molecular weight excluding hydrogens is 283 g/mol. The second-order valence-corrected chi connectivity index (χ2v) is 4.76. The van der Waals surface area contributed by atoms with Crippen molar-refractivity contribution in [2.24, 2.45) is 0 Å². The maximum atomic E-state index is 13.8. The van der Waals surface area contributed by atoms with Crippen molar-refractivity contribution in [3.8, 4) is 5.75 Å². The van der Waals surface area contributed by atoms with Gasteiger partial charge in [-0.15, -0.1) is 0 Å². The van der Waals surface area contributed by atoms with Gasteiger partial charge in [-0.2, -0.15) is 0 Å². The normalized spacial score (nSPS) is 10.5. The lowest BCUT2D eigenvalue weighted by molar-refractivity contribution is 0.215. The summed E-state index contributed by atoms with van der Waals surface area (Å²) in [5, 5.41) is 2.94. The summed E-state index contributed by atoms with van der Waals surface area (Å²) in [7, 11) is 0. The summed E-state index contributed by atoms with van der Waals surface area (Å²) in [4.78, 5) is 16.2. The van der Waals surface area contributed by atoms with E-state index in [4.69, 9.17) is 4.74 Å². The molecule has 0 aliphatic carbocycles. The zero-order chi connectivity index (χ0) is 15.5. The predicted molar refractivity (Wildman–Crippen MR) is 82.5 cm³/mol. The predicted octanol–water partition coefficient (Wildman–Crippen LogP) is 4.29. The van der Waals surface area contributed by atoms with Crippen molar-refractivity contribution < 1.29 is 13.9 Å². The first-order chi connectivity index (χ1) is 10.6. The van der Waals surface area contributed by atoms with Crippen LogP contribution in [0.25, 0.3) is 10.9 Å². The molecule has 2 aromatic carbocycles. The van der Waals surface area contributed by atoms with Gasteiger partial charge in [0.15, 0.2) is 0 Å². The number of anilines is 1. The topological polar surface area (TPSA) is 51.2 Å². The van der Waals surface area contributed by atoms with Crippen LogP contribution in [0.1, 0.15) is 5.69 Å². The van der Waals surface area contributed by atoms with Crippen molar-refractivity contribution in [3.63, 3.8) is 0 Å². The van der Waals surface area contributed by atoms with Crippen LogP contribution in [-0.2, 0) is 0 Å². The lowest BCUT2D eigenvalue weighted by Crippen LogP contribution is -2.17. The van der Waals surface area contributed by atoms with Gasteiger partial charge in [0.05, 0.1) is 16.9 Å². The van der Waals surface area contributed by atoms with Crippen LogP contribution in [0.4, 0.5) is 14.9 Å². The molecular formula is C17H13FN2O2. The van der Waals surface area contributed by atoms with Crippen molar-refractivity contribution in [3.05, 3.63) is 66.1 Å². The summed E-state index contributed by atoms with van der Waals surface area (Å²) < 4.78 is 18.9. The number of pyridine rings is 1. The lowest BCUT2D eigenvalue weighted by Gasteiger charge is -2.10. The van der Waals surface area contributed by atoms with Crippen molar-refractivity contribution in [2.75, 3.05) is 5.32 Å². The molecule has 110 valence electrons.